The molecular formula is C64H83N9O19. The van der Waals surface area contributed by atoms with Gasteiger partial charge in [0.1, 0.15) is 12.6 Å². The molecule has 92 heavy (non-hydrogen) atoms. The second-order valence-electron chi connectivity index (χ2n) is 21.9. The van der Waals surface area contributed by atoms with Gasteiger partial charge >= 0.3 is 5.97 Å². The molecule has 0 spiro atoms. The van der Waals surface area contributed by atoms with Crippen LogP contribution in [0, 0.1) is 0 Å². The number of ether oxygens (including phenoxy) is 9. The van der Waals surface area contributed by atoms with Crippen LogP contribution < -0.4 is 37.5 Å². The molecule has 498 valence electrons. The minimum atomic E-state index is -1.95. The number of aryl methyl sites for hydroxylation is 2. The Morgan fingerprint density at radius 2 is 1.22 bits per heavy atom. The molecule has 5 heterocycles. The van der Waals surface area contributed by atoms with Gasteiger partial charge in [0.05, 0.1) is 154 Å². The molecule has 0 unspecified atom stereocenters. The van der Waals surface area contributed by atoms with E-state index < -0.39 is 66.8 Å². The number of aliphatic hydroxyl groups is 1. The van der Waals surface area contributed by atoms with Gasteiger partial charge < -0.3 is 84.2 Å². The van der Waals surface area contributed by atoms with Crippen LogP contribution in [0.1, 0.15) is 66.0 Å². The Bertz CT molecular complexity index is 3290. The quantitative estimate of drug-likeness (QED) is 0.0154. The number of amides is 7. The van der Waals surface area contributed by atoms with Gasteiger partial charge in [-0.25, -0.2) is 9.78 Å². The third-order valence-electron chi connectivity index (χ3n) is 15.6. The molecule has 7 amide bonds. The van der Waals surface area contributed by atoms with Crippen molar-refractivity contribution in [3.63, 3.8) is 0 Å². The van der Waals surface area contributed by atoms with Crippen molar-refractivity contribution in [2.24, 2.45) is 0 Å². The monoisotopic (exact) mass is 1280 g/mol. The van der Waals surface area contributed by atoms with E-state index in [4.69, 9.17) is 47.6 Å². The van der Waals surface area contributed by atoms with Gasteiger partial charge in [-0.1, -0.05) is 37.3 Å². The maximum absolute atomic E-state index is 13.8. The lowest BCUT2D eigenvalue weighted by Crippen LogP contribution is -2.52. The number of aromatic nitrogens is 2. The molecule has 3 aliphatic heterocycles. The number of benzene rings is 2. The molecule has 28 nitrogen and oxygen atoms in total. The standard InChI is InChI=1S/C64H83N9O19/c1-2-64(83)48-37-52-60-46(41-73(52)62(81)47(48)42-92-63(64)82)44-10-6-11-45-49(12-13-50(71-60)59(44)45)69-56(77)40-68-61(80)51(36-43-8-4-3-5-9-43)70-55(76)39-67-54(75)38-66-53(74)16-20-84-22-24-86-26-28-88-30-32-90-34-35-91-33-31-89-29-27-87-25-23-85-21-18-65-17-7-19-72-57(78)14-15-58(72)79/h3-5,8-9,12-15,37,51,65,83H,2,6-7,10-11,16-36,38-42H2,1H3,(H,66,74)(H,67,75)(H,68,80)(H,69,77)(H,70,76)/t51-,64-/m0/s1. The zero-order valence-electron chi connectivity index (χ0n) is 51.9. The number of imide groups is 1. The summed E-state index contributed by atoms with van der Waals surface area (Å²) < 4.78 is 50.8. The number of fused-ring (bicyclic) bond motifs is 5. The van der Waals surface area contributed by atoms with E-state index in [1.807, 2.05) is 6.07 Å². The van der Waals surface area contributed by atoms with E-state index >= 15 is 0 Å². The van der Waals surface area contributed by atoms with Crippen LogP contribution in [0.5, 0.6) is 0 Å². The molecule has 0 saturated carbocycles. The lowest BCUT2D eigenvalue weighted by atomic mass is 9.85. The Balaban J connectivity index is 0.618. The lowest BCUT2D eigenvalue weighted by Gasteiger charge is -2.31. The molecule has 0 fully saturated rings. The lowest BCUT2D eigenvalue weighted by molar-refractivity contribution is -0.172. The first-order chi connectivity index (χ1) is 44.7. The van der Waals surface area contributed by atoms with E-state index in [-0.39, 0.29) is 80.7 Å². The number of carbonyl (C=O) groups excluding carboxylic acids is 8. The zero-order valence-corrected chi connectivity index (χ0v) is 51.9. The first kappa shape index (κ1) is 70.0. The van der Waals surface area contributed by atoms with Crippen molar-refractivity contribution in [2.75, 3.05) is 150 Å². The Labute approximate surface area is 532 Å². The summed E-state index contributed by atoms with van der Waals surface area (Å²) in [5, 5.41) is 28.6. The van der Waals surface area contributed by atoms with Crippen LogP contribution in [0.2, 0.25) is 0 Å². The van der Waals surface area contributed by atoms with E-state index in [0.717, 1.165) is 34.1 Å². The van der Waals surface area contributed by atoms with Crippen LogP contribution in [0.4, 0.5) is 5.69 Å². The van der Waals surface area contributed by atoms with Crippen molar-refractivity contribution in [3.05, 3.63) is 104 Å². The van der Waals surface area contributed by atoms with Gasteiger partial charge in [-0.15, -0.1) is 0 Å². The first-order valence-corrected chi connectivity index (χ1v) is 31.2. The molecule has 0 bridgehead atoms. The summed E-state index contributed by atoms with van der Waals surface area (Å²) in [6.45, 7) is 8.22. The summed E-state index contributed by atoms with van der Waals surface area (Å²) in [5.41, 5.74) is 3.93. The molecule has 7 N–H and O–H groups in total. The Kier molecular flexibility index (Phi) is 27.7. The van der Waals surface area contributed by atoms with Crippen LogP contribution in [0.15, 0.2) is 65.5 Å². The molecule has 2 aromatic heterocycles. The molecule has 1 aliphatic carbocycles. The summed E-state index contributed by atoms with van der Waals surface area (Å²) >= 11 is 0. The number of nitrogens with zero attached hydrogens (tertiary/aromatic N) is 3. The van der Waals surface area contributed by atoms with Crippen LogP contribution in [0.3, 0.4) is 0 Å². The van der Waals surface area contributed by atoms with Gasteiger partial charge in [0, 0.05) is 60.3 Å². The van der Waals surface area contributed by atoms with Crippen molar-refractivity contribution in [1.82, 2.24) is 41.0 Å². The third-order valence-corrected chi connectivity index (χ3v) is 15.6. The fourth-order valence-electron chi connectivity index (χ4n) is 10.8. The van der Waals surface area contributed by atoms with Gasteiger partial charge in [0.15, 0.2) is 5.60 Å². The highest BCUT2D eigenvalue weighted by molar-refractivity contribution is 6.12. The molecule has 2 atom stereocenters. The SMILES string of the molecule is CC[C@@]1(O)C(=O)OCc2c1cc1n(c2=O)Cc2c-1nc1ccc(NC(=O)CNC(=O)[C@H](Cc3ccccc3)NC(=O)CNC(=O)CNC(=O)CCOCCOCCOCCOCCOCCOCCOCCOCCNCCCN3C(=O)C=CC3=O)c3c1c2CCC3. The number of anilines is 1. The van der Waals surface area contributed by atoms with Gasteiger partial charge in [-0.2, -0.15) is 0 Å². The minimum Gasteiger partial charge on any atom is -0.458 e. The fourth-order valence-corrected chi connectivity index (χ4v) is 10.8. The van der Waals surface area contributed by atoms with Crippen LogP contribution in [-0.4, -0.2) is 218 Å². The number of esters is 1. The molecule has 0 radical (unpaired) electrons. The molecular weight excluding hydrogens is 1200 g/mol. The van der Waals surface area contributed by atoms with Gasteiger partial charge in [0.25, 0.3) is 17.4 Å². The molecule has 4 aromatic rings. The van der Waals surface area contributed by atoms with Crippen molar-refractivity contribution in [2.45, 2.75) is 76.7 Å². The number of pyridine rings is 2. The highest BCUT2D eigenvalue weighted by atomic mass is 16.6. The van der Waals surface area contributed by atoms with E-state index in [9.17, 15) is 48.3 Å². The third kappa shape index (κ3) is 20.1. The second-order valence-corrected chi connectivity index (χ2v) is 21.9. The average molecular weight is 1280 g/mol. The van der Waals surface area contributed by atoms with Crippen molar-refractivity contribution in [3.8, 4) is 11.4 Å². The molecule has 2 aromatic carbocycles. The van der Waals surface area contributed by atoms with Gasteiger partial charge in [-0.3, -0.25) is 43.3 Å². The summed E-state index contributed by atoms with van der Waals surface area (Å²) in [4.78, 5) is 121. The predicted octanol–water partition coefficient (Wildman–Crippen LogP) is 0.0105. The van der Waals surface area contributed by atoms with Crippen molar-refractivity contribution in [1.29, 1.82) is 0 Å². The maximum Gasteiger partial charge on any atom is 0.343 e. The summed E-state index contributed by atoms with van der Waals surface area (Å²) in [7, 11) is 0. The first-order valence-electron chi connectivity index (χ1n) is 31.2. The van der Waals surface area contributed by atoms with Crippen LogP contribution in [-0.2, 0) is 119 Å². The average Bonchev–Trinajstić information content (AvgIpc) is 1.49. The summed E-state index contributed by atoms with van der Waals surface area (Å²) in [6.07, 6.45) is 5.42. The van der Waals surface area contributed by atoms with Crippen LogP contribution >= 0.6 is 0 Å². The predicted molar refractivity (Wildman–Crippen MR) is 331 cm³/mol. The smallest absolute Gasteiger partial charge is 0.343 e. The minimum absolute atomic E-state index is 0.0166. The van der Waals surface area contributed by atoms with Crippen molar-refractivity contribution < 1.29 is 86.1 Å². The molecule has 0 saturated heterocycles. The number of carbonyl (C=O) groups is 8. The highest BCUT2D eigenvalue weighted by Crippen LogP contribution is 2.43. The summed E-state index contributed by atoms with van der Waals surface area (Å²) in [6, 6.07) is 13.1. The number of hydrogen-bond donors (Lipinski definition) is 7. The second kappa shape index (κ2) is 36.4. The van der Waals surface area contributed by atoms with Crippen molar-refractivity contribution >= 4 is 63.9 Å². The normalized spacial score (nSPS) is 15.6. The Morgan fingerprint density at radius 3 is 1.85 bits per heavy atom. The van der Waals surface area contributed by atoms with E-state index in [0.29, 0.717) is 147 Å². The number of hydrogen-bond acceptors (Lipinski definition) is 21. The van der Waals surface area contributed by atoms with E-state index in [1.165, 1.54) is 17.1 Å². The Hall–Kier alpha value is -7.90. The highest BCUT2D eigenvalue weighted by Gasteiger charge is 2.46. The zero-order chi connectivity index (χ0) is 65.1. The topological polar surface area (TPSA) is 350 Å². The molecule has 28 heteroatoms. The Morgan fingerprint density at radius 1 is 0.641 bits per heavy atom. The number of cyclic esters (lactones) is 1. The van der Waals surface area contributed by atoms with Crippen LogP contribution in [0.25, 0.3) is 22.3 Å². The largest absolute Gasteiger partial charge is 0.458 e. The molecule has 8 rings (SSSR count). The number of rotatable bonds is 43. The molecule has 4 aliphatic rings. The fraction of sp³-hybridized carbons (Fsp3) is 0.531. The summed E-state index contributed by atoms with van der Waals surface area (Å²) in [5.74, 6) is -4.22. The number of nitrogens with one attached hydrogen (secondary N) is 6. The van der Waals surface area contributed by atoms with Gasteiger partial charge in [0.2, 0.25) is 29.5 Å². The maximum atomic E-state index is 13.8. The van der Waals surface area contributed by atoms with Gasteiger partial charge in [-0.05, 0) is 73.5 Å². The van der Waals surface area contributed by atoms with E-state index in [1.54, 1.807) is 54.0 Å². The van der Waals surface area contributed by atoms with E-state index in [2.05, 4.69) is 31.9 Å².